The van der Waals surface area contributed by atoms with Crippen LogP contribution in [0.15, 0.2) is 23.3 Å². The predicted octanol–water partition coefficient (Wildman–Crippen LogP) is 6.03. The highest BCUT2D eigenvalue weighted by Gasteiger charge is 2.75. The van der Waals surface area contributed by atoms with E-state index >= 15 is 0 Å². The maximum absolute atomic E-state index is 13.3. The van der Waals surface area contributed by atoms with Gasteiger partial charge >= 0.3 is 5.97 Å². The highest BCUT2D eigenvalue weighted by molar-refractivity contribution is 5.85. The standard InChI is InChI=1S/C30H44O4/c1-17(2)9-8-10-18-23-24(32)25(34-26(18)33)30(7)20-11-12-21-27(3,4)22(31)14-15-28(21,5)19(20)13-16-29(23,30)6/h9,11,18-19,21,23-25,32H,8,10,12-16H2,1-7H3/t18-,19+,21+,23+,24-,25?,28-,29+,30+/m1/s1. The number of ketones is 1. The molecule has 188 valence electrons. The molecule has 1 saturated heterocycles. The van der Waals surface area contributed by atoms with Crippen LogP contribution in [-0.2, 0) is 14.3 Å². The van der Waals surface area contributed by atoms with Crippen LogP contribution in [0, 0.1) is 45.3 Å². The van der Waals surface area contributed by atoms with E-state index in [-0.39, 0.29) is 39.5 Å². The lowest BCUT2D eigenvalue weighted by atomic mass is 9.41. The Kier molecular flexibility index (Phi) is 5.39. The van der Waals surface area contributed by atoms with Crippen LogP contribution >= 0.6 is 0 Å². The van der Waals surface area contributed by atoms with E-state index < -0.39 is 12.2 Å². The minimum Gasteiger partial charge on any atom is -0.458 e. The fourth-order valence-corrected chi connectivity index (χ4v) is 9.70. The molecular formula is C30H44O4. The minimum atomic E-state index is -0.612. The third-order valence-corrected chi connectivity index (χ3v) is 11.8. The lowest BCUT2D eigenvalue weighted by molar-refractivity contribution is -0.178. The Morgan fingerprint density at radius 1 is 1.15 bits per heavy atom. The average Bonchev–Trinajstić information content (AvgIpc) is 2.87. The maximum atomic E-state index is 13.3. The number of carbonyl (C=O) groups excluding carboxylic acids is 2. The first-order valence-electron chi connectivity index (χ1n) is 13.6. The molecule has 1 N–H and O–H groups in total. The van der Waals surface area contributed by atoms with Gasteiger partial charge in [0.2, 0.25) is 0 Å². The Hall–Kier alpha value is -1.42. The van der Waals surface area contributed by atoms with Crippen molar-refractivity contribution in [2.75, 3.05) is 0 Å². The minimum absolute atomic E-state index is 0.0638. The Balaban J connectivity index is 1.56. The second-order valence-electron chi connectivity index (χ2n) is 13.6. The molecule has 4 fully saturated rings. The lowest BCUT2D eigenvalue weighted by Gasteiger charge is -2.62. The van der Waals surface area contributed by atoms with Gasteiger partial charge in [-0.15, -0.1) is 0 Å². The van der Waals surface area contributed by atoms with Gasteiger partial charge in [-0.2, -0.15) is 0 Å². The molecule has 4 heteroatoms. The monoisotopic (exact) mass is 468 g/mol. The van der Waals surface area contributed by atoms with Crippen LogP contribution in [-0.4, -0.2) is 29.1 Å². The molecule has 0 radical (unpaired) electrons. The maximum Gasteiger partial charge on any atom is 0.309 e. The van der Waals surface area contributed by atoms with Crippen LogP contribution in [0.5, 0.6) is 0 Å². The van der Waals surface area contributed by atoms with Gasteiger partial charge in [0.25, 0.3) is 0 Å². The van der Waals surface area contributed by atoms with Crippen LogP contribution in [0.1, 0.15) is 93.4 Å². The zero-order valence-corrected chi connectivity index (χ0v) is 22.2. The molecule has 3 saturated carbocycles. The highest BCUT2D eigenvalue weighted by atomic mass is 16.6. The van der Waals surface area contributed by atoms with Gasteiger partial charge < -0.3 is 9.84 Å². The number of hydrogen-bond donors (Lipinski definition) is 1. The normalized spacial score (nSPS) is 48.8. The molecule has 0 aromatic heterocycles. The van der Waals surface area contributed by atoms with Gasteiger partial charge in [-0.1, -0.05) is 57.9 Å². The molecular weight excluding hydrogens is 424 g/mol. The molecule has 0 aromatic carbocycles. The molecule has 34 heavy (non-hydrogen) atoms. The van der Waals surface area contributed by atoms with Crippen LogP contribution in [0.4, 0.5) is 0 Å². The van der Waals surface area contributed by atoms with Gasteiger partial charge in [-0.25, -0.2) is 0 Å². The van der Waals surface area contributed by atoms with Crippen LogP contribution < -0.4 is 0 Å². The van der Waals surface area contributed by atoms with Crippen molar-refractivity contribution in [3.05, 3.63) is 23.3 Å². The number of rotatable bonds is 3. The summed E-state index contributed by atoms with van der Waals surface area (Å²) in [6, 6.07) is 0. The van der Waals surface area contributed by atoms with Crippen molar-refractivity contribution < 1.29 is 19.4 Å². The van der Waals surface area contributed by atoms with Gasteiger partial charge in [0.15, 0.2) is 0 Å². The summed E-state index contributed by atoms with van der Waals surface area (Å²) in [6.07, 6.45) is 9.67. The molecule has 9 atom stereocenters. The molecule has 0 spiro atoms. The van der Waals surface area contributed by atoms with Crippen molar-refractivity contribution in [1.82, 2.24) is 0 Å². The van der Waals surface area contributed by atoms with Crippen molar-refractivity contribution in [3.8, 4) is 0 Å². The molecule has 1 unspecified atom stereocenters. The fraction of sp³-hybridized carbons (Fsp3) is 0.800. The number of esters is 1. The van der Waals surface area contributed by atoms with Gasteiger partial charge in [0, 0.05) is 23.2 Å². The number of ether oxygens (including phenoxy) is 1. The lowest BCUT2D eigenvalue weighted by Crippen LogP contribution is -2.58. The fourth-order valence-electron chi connectivity index (χ4n) is 9.70. The summed E-state index contributed by atoms with van der Waals surface area (Å²) in [4.78, 5) is 26.1. The molecule has 5 aliphatic rings. The molecule has 2 bridgehead atoms. The molecule has 0 amide bonds. The van der Waals surface area contributed by atoms with Crippen molar-refractivity contribution in [2.24, 2.45) is 45.3 Å². The van der Waals surface area contributed by atoms with Crippen molar-refractivity contribution >= 4 is 11.8 Å². The number of aliphatic hydroxyl groups excluding tert-OH is 1. The molecule has 0 aromatic rings. The average molecular weight is 469 g/mol. The van der Waals surface area contributed by atoms with Gasteiger partial charge in [-0.05, 0) is 75.0 Å². The molecule has 1 heterocycles. The summed E-state index contributed by atoms with van der Waals surface area (Å²) >= 11 is 0. The largest absolute Gasteiger partial charge is 0.458 e. The first kappa shape index (κ1) is 24.3. The Morgan fingerprint density at radius 3 is 2.53 bits per heavy atom. The summed E-state index contributed by atoms with van der Waals surface area (Å²) in [5.41, 5.74) is 1.90. The molecule has 1 aliphatic heterocycles. The van der Waals surface area contributed by atoms with Crippen LogP contribution in [0.25, 0.3) is 0 Å². The molecule has 4 nitrogen and oxygen atoms in total. The second kappa shape index (κ2) is 7.54. The summed E-state index contributed by atoms with van der Waals surface area (Å²) in [7, 11) is 0. The van der Waals surface area contributed by atoms with Crippen molar-refractivity contribution in [2.45, 2.75) is 106 Å². The summed E-state index contributed by atoms with van der Waals surface area (Å²) < 4.78 is 6.17. The second-order valence-corrected chi connectivity index (χ2v) is 13.6. The smallest absolute Gasteiger partial charge is 0.309 e. The number of hydrogen-bond acceptors (Lipinski definition) is 4. The van der Waals surface area contributed by atoms with Gasteiger partial charge in [0.05, 0.1) is 12.0 Å². The van der Waals surface area contributed by atoms with E-state index in [9.17, 15) is 14.7 Å². The van der Waals surface area contributed by atoms with E-state index in [2.05, 4.69) is 60.6 Å². The Morgan fingerprint density at radius 2 is 1.85 bits per heavy atom. The van der Waals surface area contributed by atoms with Crippen LogP contribution in [0.2, 0.25) is 0 Å². The van der Waals surface area contributed by atoms with E-state index in [1.165, 1.54) is 11.1 Å². The molecule has 4 aliphatic carbocycles. The van der Waals surface area contributed by atoms with E-state index in [1.54, 1.807) is 0 Å². The first-order chi connectivity index (χ1) is 15.8. The van der Waals surface area contributed by atoms with Gasteiger partial charge in [0.1, 0.15) is 11.9 Å². The molecule has 5 rings (SSSR count). The van der Waals surface area contributed by atoms with Gasteiger partial charge in [-0.3, -0.25) is 9.59 Å². The SMILES string of the molecule is CC(C)=CCC[C@H]1C(=O)OC2[C@H](O)[C@H]1[C@]1(C)CC[C@H]3C(=CC[C@H]4C(C)(C)C(=O)CC[C@]34C)[C@@]21C. The number of allylic oxidation sites excluding steroid dienone is 3. The highest BCUT2D eigenvalue weighted by Crippen LogP contribution is 2.74. The number of aliphatic hydroxyl groups is 1. The van der Waals surface area contributed by atoms with Crippen LogP contribution in [0.3, 0.4) is 0 Å². The predicted molar refractivity (Wildman–Crippen MR) is 133 cm³/mol. The van der Waals surface area contributed by atoms with E-state index in [4.69, 9.17) is 4.74 Å². The number of carbonyl (C=O) groups is 2. The third kappa shape index (κ3) is 2.87. The number of Topliss-reactive ketones (excluding diaryl/α,β-unsaturated/α-hetero) is 1. The summed E-state index contributed by atoms with van der Waals surface area (Å²) in [5.74, 6) is 0.703. The summed E-state index contributed by atoms with van der Waals surface area (Å²) in [6.45, 7) is 15.5. The first-order valence-corrected chi connectivity index (χ1v) is 13.6. The Labute approximate surface area is 205 Å². The summed E-state index contributed by atoms with van der Waals surface area (Å²) in [5, 5.41) is 11.6. The van der Waals surface area contributed by atoms with Crippen molar-refractivity contribution in [1.29, 1.82) is 0 Å². The van der Waals surface area contributed by atoms with E-state index in [0.29, 0.717) is 24.0 Å². The Bertz CT molecular complexity index is 970. The zero-order valence-electron chi connectivity index (χ0n) is 22.2. The zero-order chi connectivity index (χ0) is 24.8. The van der Waals surface area contributed by atoms with E-state index in [1.807, 2.05) is 0 Å². The third-order valence-electron chi connectivity index (χ3n) is 11.8. The topological polar surface area (TPSA) is 63.6 Å². The van der Waals surface area contributed by atoms with E-state index in [0.717, 1.165) is 38.5 Å². The van der Waals surface area contributed by atoms with Crippen molar-refractivity contribution in [3.63, 3.8) is 0 Å². The quantitative estimate of drug-likeness (QED) is 0.406. The number of fused-ring (bicyclic) bond motifs is 9.